The van der Waals surface area contributed by atoms with Crippen LogP contribution >= 0.6 is 0 Å². The monoisotopic (exact) mass is 302 g/mol. The van der Waals surface area contributed by atoms with E-state index in [1.807, 2.05) is 0 Å². The summed E-state index contributed by atoms with van der Waals surface area (Å²) in [5, 5.41) is 20.8. The smallest absolute Gasteiger partial charge is 0.326 e. The molecule has 0 aliphatic heterocycles. The number of para-hydroxylation sites is 1. The second kappa shape index (κ2) is 6.66. The van der Waals surface area contributed by atoms with Gasteiger partial charge in [0.2, 0.25) is 0 Å². The summed E-state index contributed by atoms with van der Waals surface area (Å²) in [4.78, 5) is 38.0. The third kappa shape index (κ3) is 3.57. The summed E-state index contributed by atoms with van der Waals surface area (Å²) in [6, 6.07) is 7.27. The minimum absolute atomic E-state index is 0.186. The molecule has 0 bridgehead atoms. The first-order chi connectivity index (χ1) is 10.5. The van der Waals surface area contributed by atoms with Crippen LogP contribution in [0.5, 0.6) is 0 Å². The summed E-state index contributed by atoms with van der Waals surface area (Å²) in [6.07, 6.45) is 1.01. The van der Waals surface area contributed by atoms with E-state index in [2.05, 4.69) is 10.3 Å². The lowest BCUT2D eigenvalue weighted by molar-refractivity contribution is -0.140. The standard InChI is InChI=1S/C15H14N2O5/c18-12(19)7-6-11(15(21)22)17-14(20)10-5-1-3-9-4-2-8-16-13(9)10/h1-5,8,11H,6-7H2,(H,17,20)(H,18,19)(H,21,22)/t11-/m0/s1. The van der Waals surface area contributed by atoms with Crippen LogP contribution in [0, 0.1) is 0 Å². The molecule has 0 unspecified atom stereocenters. The first-order valence-electron chi connectivity index (χ1n) is 6.58. The molecule has 0 radical (unpaired) electrons. The zero-order valence-corrected chi connectivity index (χ0v) is 11.5. The van der Waals surface area contributed by atoms with Gasteiger partial charge < -0.3 is 15.5 Å². The molecular formula is C15H14N2O5. The van der Waals surface area contributed by atoms with Gasteiger partial charge in [-0.15, -0.1) is 0 Å². The number of pyridine rings is 1. The number of rotatable bonds is 6. The Labute approximate surface area is 125 Å². The zero-order chi connectivity index (χ0) is 16.1. The molecule has 0 aliphatic carbocycles. The SMILES string of the molecule is O=C(O)CC[C@H](NC(=O)c1cccc2cccnc12)C(=O)O. The van der Waals surface area contributed by atoms with Crippen molar-refractivity contribution in [3.05, 3.63) is 42.1 Å². The van der Waals surface area contributed by atoms with Gasteiger partial charge in [-0.3, -0.25) is 14.6 Å². The van der Waals surface area contributed by atoms with E-state index in [1.54, 1.807) is 30.3 Å². The van der Waals surface area contributed by atoms with Crippen molar-refractivity contribution in [1.29, 1.82) is 0 Å². The normalized spacial score (nSPS) is 11.8. The van der Waals surface area contributed by atoms with E-state index >= 15 is 0 Å². The average molecular weight is 302 g/mol. The minimum Gasteiger partial charge on any atom is -0.481 e. The highest BCUT2D eigenvalue weighted by atomic mass is 16.4. The van der Waals surface area contributed by atoms with Crippen molar-refractivity contribution in [3.63, 3.8) is 0 Å². The molecule has 1 amide bonds. The summed E-state index contributed by atoms with van der Waals surface area (Å²) in [6.45, 7) is 0. The van der Waals surface area contributed by atoms with E-state index in [4.69, 9.17) is 10.2 Å². The Bertz CT molecular complexity index is 723. The molecule has 2 aromatic rings. The van der Waals surface area contributed by atoms with E-state index in [1.165, 1.54) is 6.20 Å². The fraction of sp³-hybridized carbons (Fsp3) is 0.200. The predicted molar refractivity (Wildman–Crippen MR) is 77.5 cm³/mol. The van der Waals surface area contributed by atoms with Gasteiger partial charge in [0, 0.05) is 18.0 Å². The third-order valence-electron chi connectivity index (χ3n) is 3.13. The van der Waals surface area contributed by atoms with Crippen LogP contribution < -0.4 is 5.32 Å². The third-order valence-corrected chi connectivity index (χ3v) is 3.13. The number of hydrogen-bond donors (Lipinski definition) is 3. The highest BCUT2D eigenvalue weighted by Crippen LogP contribution is 2.16. The van der Waals surface area contributed by atoms with Crippen LogP contribution in [0.2, 0.25) is 0 Å². The Morgan fingerprint density at radius 2 is 1.86 bits per heavy atom. The van der Waals surface area contributed by atoms with Gasteiger partial charge in [-0.1, -0.05) is 18.2 Å². The van der Waals surface area contributed by atoms with Gasteiger partial charge in [0.25, 0.3) is 5.91 Å². The van der Waals surface area contributed by atoms with Gasteiger partial charge >= 0.3 is 11.9 Å². The average Bonchev–Trinajstić information content (AvgIpc) is 2.50. The van der Waals surface area contributed by atoms with Crippen LogP contribution in [0.4, 0.5) is 0 Å². The second-order valence-electron chi connectivity index (χ2n) is 4.68. The molecule has 7 heteroatoms. The molecule has 3 N–H and O–H groups in total. The van der Waals surface area contributed by atoms with Crippen LogP contribution in [-0.2, 0) is 9.59 Å². The maximum absolute atomic E-state index is 12.3. The number of amides is 1. The van der Waals surface area contributed by atoms with Crippen molar-refractivity contribution in [2.24, 2.45) is 0 Å². The molecule has 0 aliphatic rings. The lowest BCUT2D eigenvalue weighted by atomic mass is 10.1. The van der Waals surface area contributed by atoms with Gasteiger partial charge in [-0.2, -0.15) is 0 Å². The molecule has 0 fully saturated rings. The molecule has 0 saturated heterocycles. The summed E-state index contributed by atoms with van der Waals surface area (Å²) >= 11 is 0. The van der Waals surface area contributed by atoms with Gasteiger partial charge in [-0.25, -0.2) is 4.79 Å². The van der Waals surface area contributed by atoms with E-state index in [0.29, 0.717) is 5.52 Å². The molecule has 0 spiro atoms. The molecule has 1 aromatic carbocycles. The first-order valence-corrected chi connectivity index (χ1v) is 6.58. The lowest BCUT2D eigenvalue weighted by Crippen LogP contribution is -2.41. The summed E-state index contributed by atoms with van der Waals surface area (Å²) in [5.74, 6) is -2.99. The van der Waals surface area contributed by atoms with Gasteiger partial charge in [0.1, 0.15) is 6.04 Å². The number of carbonyl (C=O) groups is 3. The Morgan fingerprint density at radius 1 is 1.14 bits per heavy atom. The number of carboxylic acids is 2. The number of nitrogens with one attached hydrogen (secondary N) is 1. The number of aliphatic carboxylic acids is 2. The lowest BCUT2D eigenvalue weighted by Gasteiger charge is -2.14. The van der Waals surface area contributed by atoms with Crippen LogP contribution in [0.15, 0.2) is 36.5 Å². The van der Waals surface area contributed by atoms with Crippen molar-refractivity contribution < 1.29 is 24.6 Å². The molecule has 22 heavy (non-hydrogen) atoms. The Hall–Kier alpha value is -2.96. The molecule has 2 rings (SSSR count). The van der Waals surface area contributed by atoms with Crippen LogP contribution in [0.25, 0.3) is 10.9 Å². The number of nitrogens with zero attached hydrogens (tertiary/aromatic N) is 1. The Balaban J connectivity index is 2.22. The summed E-state index contributed by atoms with van der Waals surface area (Å²) in [5.41, 5.74) is 0.713. The van der Waals surface area contributed by atoms with E-state index in [9.17, 15) is 14.4 Å². The Morgan fingerprint density at radius 3 is 2.55 bits per heavy atom. The molecule has 114 valence electrons. The number of hydrogen-bond acceptors (Lipinski definition) is 4. The predicted octanol–water partition coefficient (Wildman–Crippen LogP) is 1.28. The number of fused-ring (bicyclic) bond motifs is 1. The fourth-order valence-corrected chi connectivity index (χ4v) is 2.05. The van der Waals surface area contributed by atoms with E-state index in [0.717, 1.165) is 5.39 Å². The molecule has 0 saturated carbocycles. The summed E-state index contributed by atoms with van der Waals surface area (Å²) in [7, 11) is 0. The van der Waals surface area contributed by atoms with Crippen molar-refractivity contribution >= 4 is 28.7 Å². The second-order valence-corrected chi connectivity index (χ2v) is 4.68. The van der Waals surface area contributed by atoms with Crippen molar-refractivity contribution in [1.82, 2.24) is 10.3 Å². The van der Waals surface area contributed by atoms with Crippen molar-refractivity contribution in [3.8, 4) is 0 Å². The van der Waals surface area contributed by atoms with Crippen LogP contribution in [0.3, 0.4) is 0 Å². The largest absolute Gasteiger partial charge is 0.481 e. The molecule has 1 heterocycles. The summed E-state index contributed by atoms with van der Waals surface area (Å²) < 4.78 is 0. The van der Waals surface area contributed by atoms with E-state index < -0.39 is 23.9 Å². The van der Waals surface area contributed by atoms with Gasteiger partial charge in [-0.05, 0) is 18.6 Å². The van der Waals surface area contributed by atoms with Gasteiger partial charge in [0.05, 0.1) is 11.1 Å². The maximum Gasteiger partial charge on any atom is 0.326 e. The molecular weight excluding hydrogens is 288 g/mol. The first kappa shape index (κ1) is 15.4. The number of carboxylic acid groups (broad SMARTS) is 2. The number of aromatic nitrogens is 1. The molecule has 1 atom stereocenters. The van der Waals surface area contributed by atoms with Crippen LogP contribution in [-0.4, -0.2) is 39.1 Å². The molecule has 1 aromatic heterocycles. The van der Waals surface area contributed by atoms with Gasteiger partial charge in [0.15, 0.2) is 0 Å². The van der Waals surface area contributed by atoms with Crippen molar-refractivity contribution in [2.45, 2.75) is 18.9 Å². The topological polar surface area (TPSA) is 117 Å². The number of benzene rings is 1. The number of carbonyl (C=O) groups excluding carboxylic acids is 1. The highest BCUT2D eigenvalue weighted by molar-refractivity contribution is 6.06. The maximum atomic E-state index is 12.3. The molecule has 7 nitrogen and oxygen atoms in total. The van der Waals surface area contributed by atoms with Crippen LogP contribution in [0.1, 0.15) is 23.2 Å². The van der Waals surface area contributed by atoms with E-state index in [-0.39, 0.29) is 18.4 Å². The van der Waals surface area contributed by atoms with Crippen molar-refractivity contribution in [2.75, 3.05) is 0 Å². The minimum atomic E-state index is -1.28. The fourth-order valence-electron chi connectivity index (χ4n) is 2.05. The zero-order valence-electron chi connectivity index (χ0n) is 11.5. The highest BCUT2D eigenvalue weighted by Gasteiger charge is 2.22. The Kier molecular flexibility index (Phi) is 4.67. The quantitative estimate of drug-likeness (QED) is 0.740.